The Kier molecular flexibility index (Phi) is 5.35. The molecule has 0 aliphatic heterocycles. The van der Waals surface area contributed by atoms with Crippen molar-refractivity contribution >= 4 is 27.8 Å². The number of aliphatic carboxylic acids is 1. The van der Waals surface area contributed by atoms with Crippen LogP contribution in [0.1, 0.15) is 30.6 Å². The van der Waals surface area contributed by atoms with Crippen molar-refractivity contribution in [1.82, 2.24) is 5.32 Å². The summed E-state index contributed by atoms with van der Waals surface area (Å²) in [6.07, 6.45) is 0.351. The number of phenolic OH excluding ortho intramolecular Hbond substituents is 1. The molecule has 0 radical (unpaired) electrons. The van der Waals surface area contributed by atoms with Crippen LogP contribution in [0.5, 0.6) is 5.75 Å². The summed E-state index contributed by atoms with van der Waals surface area (Å²) >= 11 is 3.11. The van der Waals surface area contributed by atoms with E-state index in [4.69, 9.17) is 5.11 Å². The molecule has 1 aromatic carbocycles. The van der Waals surface area contributed by atoms with Crippen LogP contribution in [-0.4, -0.2) is 28.1 Å². The molecular weight excluding hydrogens is 314 g/mol. The molecule has 1 amide bonds. The largest absolute Gasteiger partial charge is 0.507 e. The number of benzene rings is 1. The standard InChI is InChI=1S/C13H16BrNO4/c1-7(2)5-10(13(18)19)15-12(17)8-3-4-9(14)11(16)6-8/h3-4,6-7,10,16H,5H2,1-2H3,(H,15,17)(H,18,19)/t10-/m0/s1. The van der Waals surface area contributed by atoms with E-state index < -0.39 is 17.9 Å². The molecule has 0 aromatic heterocycles. The van der Waals surface area contributed by atoms with Crippen LogP contribution in [0.3, 0.4) is 0 Å². The molecule has 104 valence electrons. The van der Waals surface area contributed by atoms with Crippen molar-refractivity contribution in [2.24, 2.45) is 5.92 Å². The van der Waals surface area contributed by atoms with Crippen molar-refractivity contribution in [2.45, 2.75) is 26.3 Å². The average Bonchev–Trinajstić information content (AvgIpc) is 2.31. The highest BCUT2D eigenvalue weighted by atomic mass is 79.9. The molecule has 0 saturated carbocycles. The number of carboxylic acid groups (broad SMARTS) is 1. The van der Waals surface area contributed by atoms with Gasteiger partial charge in [-0.25, -0.2) is 4.79 Å². The zero-order valence-corrected chi connectivity index (χ0v) is 12.3. The number of hydrogen-bond donors (Lipinski definition) is 3. The lowest BCUT2D eigenvalue weighted by molar-refractivity contribution is -0.139. The molecule has 5 nitrogen and oxygen atoms in total. The Morgan fingerprint density at radius 3 is 2.47 bits per heavy atom. The summed E-state index contributed by atoms with van der Waals surface area (Å²) in [7, 11) is 0. The molecule has 0 saturated heterocycles. The number of carbonyl (C=O) groups is 2. The third kappa shape index (κ3) is 4.55. The van der Waals surface area contributed by atoms with Gasteiger partial charge in [0.2, 0.25) is 0 Å². The average molecular weight is 330 g/mol. The number of amides is 1. The predicted octanol–water partition coefficient (Wildman–Crippen LogP) is 2.38. The maximum atomic E-state index is 11.9. The van der Waals surface area contributed by atoms with Crippen molar-refractivity contribution in [1.29, 1.82) is 0 Å². The fourth-order valence-electron chi connectivity index (χ4n) is 1.59. The third-order valence-electron chi connectivity index (χ3n) is 2.52. The Hall–Kier alpha value is -1.56. The molecule has 3 N–H and O–H groups in total. The Bertz CT molecular complexity index is 488. The van der Waals surface area contributed by atoms with Crippen LogP contribution in [0.4, 0.5) is 0 Å². The predicted molar refractivity (Wildman–Crippen MR) is 74.2 cm³/mol. The van der Waals surface area contributed by atoms with E-state index in [1.165, 1.54) is 18.2 Å². The Balaban J connectivity index is 2.81. The number of aromatic hydroxyl groups is 1. The minimum absolute atomic E-state index is 0.0663. The highest BCUT2D eigenvalue weighted by Gasteiger charge is 2.21. The summed E-state index contributed by atoms with van der Waals surface area (Å²) in [6, 6.07) is 3.39. The summed E-state index contributed by atoms with van der Waals surface area (Å²) in [5.41, 5.74) is 0.218. The number of phenols is 1. The molecule has 0 unspecified atom stereocenters. The molecule has 0 aliphatic carbocycles. The SMILES string of the molecule is CC(C)C[C@H](NC(=O)c1ccc(Br)c(O)c1)C(=O)O. The summed E-state index contributed by atoms with van der Waals surface area (Å²) in [4.78, 5) is 23.0. The molecule has 0 aliphatic rings. The quantitative estimate of drug-likeness (QED) is 0.774. The van der Waals surface area contributed by atoms with E-state index in [2.05, 4.69) is 21.2 Å². The van der Waals surface area contributed by atoms with E-state index >= 15 is 0 Å². The van der Waals surface area contributed by atoms with E-state index in [0.29, 0.717) is 10.9 Å². The number of hydrogen-bond acceptors (Lipinski definition) is 3. The van der Waals surface area contributed by atoms with Crippen LogP contribution in [0, 0.1) is 5.92 Å². The summed E-state index contributed by atoms with van der Waals surface area (Å²) in [6.45, 7) is 3.76. The maximum Gasteiger partial charge on any atom is 0.326 e. The third-order valence-corrected chi connectivity index (χ3v) is 3.19. The van der Waals surface area contributed by atoms with Crippen LogP contribution >= 0.6 is 15.9 Å². The van der Waals surface area contributed by atoms with Gasteiger partial charge in [0.15, 0.2) is 0 Å². The van der Waals surface area contributed by atoms with Crippen molar-refractivity contribution in [3.05, 3.63) is 28.2 Å². The van der Waals surface area contributed by atoms with Crippen LogP contribution < -0.4 is 5.32 Å². The summed E-state index contributed by atoms with van der Waals surface area (Å²) in [5, 5.41) is 21.0. The molecular formula is C13H16BrNO4. The number of carboxylic acids is 1. The van der Waals surface area contributed by atoms with Gasteiger partial charge in [0.25, 0.3) is 5.91 Å². The Morgan fingerprint density at radius 2 is 2.00 bits per heavy atom. The zero-order chi connectivity index (χ0) is 14.6. The van der Waals surface area contributed by atoms with E-state index in [0.717, 1.165) is 0 Å². The van der Waals surface area contributed by atoms with Crippen molar-refractivity contribution in [3.63, 3.8) is 0 Å². The fourth-order valence-corrected chi connectivity index (χ4v) is 1.83. The number of rotatable bonds is 5. The molecule has 0 heterocycles. The van der Waals surface area contributed by atoms with E-state index in [1.807, 2.05) is 13.8 Å². The van der Waals surface area contributed by atoms with Crippen LogP contribution in [0.2, 0.25) is 0 Å². The summed E-state index contributed by atoms with van der Waals surface area (Å²) in [5.74, 6) is -1.50. The van der Waals surface area contributed by atoms with Gasteiger partial charge >= 0.3 is 5.97 Å². The first-order chi connectivity index (χ1) is 8.81. The lowest BCUT2D eigenvalue weighted by Crippen LogP contribution is -2.41. The van der Waals surface area contributed by atoms with Gasteiger partial charge in [-0.15, -0.1) is 0 Å². The lowest BCUT2D eigenvalue weighted by Gasteiger charge is -2.16. The first-order valence-electron chi connectivity index (χ1n) is 5.83. The van der Waals surface area contributed by atoms with Gasteiger partial charge in [-0.3, -0.25) is 4.79 Å². The second-order valence-corrected chi connectivity index (χ2v) is 5.51. The molecule has 1 aromatic rings. The fraction of sp³-hybridized carbons (Fsp3) is 0.385. The highest BCUT2D eigenvalue weighted by molar-refractivity contribution is 9.10. The van der Waals surface area contributed by atoms with Gasteiger partial charge in [0.1, 0.15) is 11.8 Å². The molecule has 19 heavy (non-hydrogen) atoms. The first-order valence-corrected chi connectivity index (χ1v) is 6.62. The van der Waals surface area contributed by atoms with Gasteiger partial charge in [-0.2, -0.15) is 0 Å². The van der Waals surface area contributed by atoms with Gasteiger partial charge in [0, 0.05) is 5.56 Å². The van der Waals surface area contributed by atoms with Crippen molar-refractivity contribution < 1.29 is 19.8 Å². The number of halogens is 1. The minimum atomic E-state index is -1.07. The summed E-state index contributed by atoms with van der Waals surface area (Å²) < 4.78 is 0.473. The first kappa shape index (κ1) is 15.5. The van der Waals surface area contributed by atoms with Crippen molar-refractivity contribution in [3.8, 4) is 5.75 Å². The van der Waals surface area contributed by atoms with Gasteiger partial charge in [-0.1, -0.05) is 13.8 Å². The molecule has 6 heteroatoms. The topological polar surface area (TPSA) is 86.6 Å². The van der Waals surface area contributed by atoms with E-state index in [-0.39, 0.29) is 17.2 Å². The second-order valence-electron chi connectivity index (χ2n) is 4.66. The van der Waals surface area contributed by atoms with E-state index in [9.17, 15) is 14.7 Å². The maximum absolute atomic E-state index is 11.9. The zero-order valence-electron chi connectivity index (χ0n) is 10.7. The van der Waals surface area contributed by atoms with Gasteiger partial charge < -0.3 is 15.5 Å². The van der Waals surface area contributed by atoms with Crippen LogP contribution in [-0.2, 0) is 4.79 Å². The molecule has 0 fully saturated rings. The second kappa shape index (κ2) is 6.56. The number of carbonyl (C=O) groups excluding carboxylic acids is 1. The van der Waals surface area contributed by atoms with E-state index in [1.54, 1.807) is 0 Å². The van der Waals surface area contributed by atoms with Crippen molar-refractivity contribution in [2.75, 3.05) is 0 Å². The smallest absolute Gasteiger partial charge is 0.326 e. The normalized spacial score (nSPS) is 12.2. The number of nitrogens with one attached hydrogen (secondary N) is 1. The van der Waals surface area contributed by atoms with Crippen LogP contribution in [0.25, 0.3) is 0 Å². The molecule has 1 atom stereocenters. The van der Waals surface area contributed by atoms with Gasteiger partial charge in [0.05, 0.1) is 4.47 Å². The Morgan fingerprint density at radius 1 is 1.37 bits per heavy atom. The van der Waals surface area contributed by atoms with Crippen LogP contribution in [0.15, 0.2) is 22.7 Å². The van der Waals surface area contributed by atoms with Gasteiger partial charge in [-0.05, 0) is 46.5 Å². The molecule has 1 rings (SSSR count). The highest BCUT2D eigenvalue weighted by Crippen LogP contribution is 2.24. The molecule has 0 spiro atoms. The monoisotopic (exact) mass is 329 g/mol. The molecule has 0 bridgehead atoms. The Labute approximate surface area is 119 Å². The lowest BCUT2D eigenvalue weighted by atomic mass is 10.0. The minimum Gasteiger partial charge on any atom is -0.507 e.